The second-order valence-corrected chi connectivity index (χ2v) is 7.09. The molecule has 0 atom stereocenters. The van der Waals surface area contributed by atoms with Crippen molar-refractivity contribution in [3.63, 3.8) is 0 Å². The standard InChI is InChI=1S/C16H28N2/c1-15(2,3)18(16(4,5)6)14-11-9-13(10-12-14)17(7)8/h9-12H,1-8H3. The molecule has 18 heavy (non-hydrogen) atoms. The Morgan fingerprint density at radius 3 is 1.28 bits per heavy atom. The summed E-state index contributed by atoms with van der Waals surface area (Å²) in [5, 5.41) is 0. The zero-order valence-corrected chi connectivity index (χ0v) is 13.2. The van der Waals surface area contributed by atoms with E-state index >= 15 is 0 Å². The fourth-order valence-electron chi connectivity index (χ4n) is 2.68. The molecule has 0 radical (unpaired) electrons. The molecule has 2 nitrogen and oxygen atoms in total. The molecule has 0 saturated carbocycles. The van der Waals surface area contributed by atoms with Crippen molar-refractivity contribution in [3.05, 3.63) is 24.3 Å². The first kappa shape index (κ1) is 14.9. The van der Waals surface area contributed by atoms with Gasteiger partial charge >= 0.3 is 0 Å². The molecular weight excluding hydrogens is 220 g/mol. The Morgan fingerprint density at radius 2 is 1.00 bits per heavy atom. The summed E-state index contributed by atoms with van der Waals surface area (Å²) >= 11 is 0. The first-order valence-corrected chi connectivity index (χ1v) is 6.61. The van der Waals surface area contributed by atoms with Crippen LogP contribution in [0.3, 0.4) is 0 Å². The van der Waals surface area contributed by atoms with E-state index in [0.717, 1.165) is 0 Å². The molecule has 0 spiro atoms. The second-order valence-electron chi connectivity index (χ2n) is 7.09. The molecule has 0 fully saturated rings. The van der Waals surface area contributed by atoms with E-state index in [1.165, 1.54) is 11.4 Å². The van der Waals surface area contributed by atoms with Crippen LogP contribution in [0.15, 0.2) is 24.3 Å². The Hall–Kier alpha value is -1.18. The normalized spacial score (nSPS) is 12.4. The van der Waals surface area contributed by atoms with E-state index in [2.05, 4.69) is 89.7 Å². The highest BCUT2D eigenvalue weighted by atomic mass is 15.2. The fourth-order valence-corrected chi connectivity index (χ4v) is 2.68. The number of nitrogens with zero attached hydrogens (tertiary/aromatic N) is 2. The average molecular weight is 248 g/mol. The van der Waals surface area contributed by atoms with Crippen LogP contribution in [0.2, 0.25) is 0 Å². The van der Waals surface area contributed by atoms with Gasteiger partial charge in [-0.05, 0) is 65.8 Å². The van der Waals surface area contributed by atoms with E-state index in [1.807, 2.05) is 0 Å². The molecule has 0 aliphatic rings. The Labute approximate surface area is 113 Å². The van der Waals surface area contributed by atoms with Gasteiger partial charge in [-0.3, -0.25) is 0 Å². The quantitative estimate of drug-likeness (QED) is 0.775. The van der Waals surface area contributed by atoms with E-state index in [9.17, 15) is 0 Å². The summed E-state index contributed by atoms with van der Waals surface area (Å²) < 4.78 is 0. The Balaban J connectivity index is 3.16. The van der Waals surface area contributed by atoms with E-state index in [-0.39, 0.29) is 11.1 Å². The predicted molar refractivity (Wildman–Crippen MR) is 82.8 cm³/mol. The van der Waals surface area contributed by atoms with Crippen LogP contribution in [0.1, 0.15) is 41.5 Å². The molecule has 0 unspecified atom stereocenters. The molecule has 0 bridgehead atoms. The number of anilines is 2. The van der Waals surface area contributed by atoms with Crippen molar-refractivity contribution in [2.75, 3.05) is 23.9 Å². The second kappa shape index (κ2) is 4.83. The van der Waals surface area contributed by atoms with Gasteiger partial charge in [-0.1, -0.05) is 0 Å². The largest absolute Gasteiger partial charge is 0.378 e. The molecule has 0 aliphatic carbocycles. The van der Waals surface area contributed by atoms with Crippen LogP contribution < -0.4 is 9.80 Å². The number of hydrogen-bond acceptors (Lipinski definition) is 2. The molecule has 0 N–H and O–H groups in total. The Morgan fingerprint density at radius 1 is 0.667 bits per heavy atom. The van der Waals surface area contributed by atoms with Crippen LogP contribution in [-0.4, -0.2) is 25.2 Å². The summed E-state index contributed by atoms with van der Waals surface area (Å²) in [6.07, 6.45) is 0. The highest BCUT2D eigenvalue weighted by Gasteiger charge is 2.31. The van der Waals surface area contributed by atoms with Gasteiger partial charge in [0.25, 0.3) is 0 Å². The smallest absolute Gasteiger partial charge is 0.0376 e. The number of hydrogen-bond donors (Lipinski definition) is 0. The zero-order valence-electron chi connectivity index (χ0n) is 13.2. The van der Waals surface area contributed by atoms with Crippen LogP contribution in [-0.2, 0) is 0 Å². The van der Waals surface area contributed by atoms with Crippen LogP contribution >= 0.6 is 0 Å². The monoisotopic (exact) mass is 248 g/mol. The maximum atomic E-state index is 2.47. The Kier molecular flexibility index (Phi) is 3.99. The molecule has 1 rings (SSSR count). The first-order valence-electron chi connectivity index (χ1n) is 6.61. The first-order chi connectivity index (χ1) is 8.03. The van der Waals surface area contributed by atoms with Crippen LogP contribution in [0.25, 0.3) is 0 Å². The molecule has 0 heterocycles. The van der Waals surface area contributed by atoms with Crippen molar-refractivity contribution in [3.8, 4) is 0 Å². The van der Waals surface area contributed by atoms with Gasteiger partial charge < -0.3 is 9.80 Å². The van der Waals surface area contributed by atoms with Gasteiger partial charge in [0.05, 0.1) is 0 Å². The maximum Gasteiger partial charge on any atom is 0.0376 e. The summed E-state index contributed by atoms with van der Waals surface area (Å²) in [6.45, 7) is 13.6. The van der Waals surface area contributed by atoms with Crippen LogP contribution in [0.5, 0.6) is 0 Å². The van der Waals surface area contributed by atoms with Gasteiger partial charge in [0.1, 0.15) is 0 Å². The number of benzene rings is 1. The fraction of sp³-hybridized carbons (Fsp3) is 0.625. The van der Waals surface area contributed by atoms with Gasteiger partial charge in [0.15, 0.2) is 0 Å². The molecule has 2 heteroatoms. The lowest BCUT2D eigenvalue weighted by Gasteiger charge is -2.47. The minimum absolute atomic E-state index is 0.109. The van der Waals surface area contributed by atoms with Gasteiger partial charge in [0.2, 0.25) is 0 Å². The van der Waals surface area contributed by atoms with Crippen LogP contribution in [0, 0.1) is 0 Å². The molecule has 0 amide bonds. The maximum absolute atomic E-state index is 2.47. The average Bonchev–Trinajstić information content (AvgIpc) is 2.13. The molecule has 1 aromatic carbocycles. The van der Waals surface area contributed by atoms with Gasteiger partial charge in [-0.15, -0.1) is 0 Å². The minimum atomic E-state index is 0.109. The zero-order chi connectivity index (χ0) is 14.1. The highest BCUT2D eigenvalue weighted by Crippen LogP contribution is 2.32. The van der Waals surface area contributed by atoms with E-state index in [4.69, 9.17) is 0 Å². The van der Waals surface area contributed by atoms with Crippen LogP contribution in [0.4, 0.5) is 11.4 Å². The summed E-state index contributed by atoms with van der Waals surface area (Å²) in [4.78, 5) is 4.60. The molecule has 0 aromatic heterocycles. The number of rotatable bonds is 2. The minimum Gasteiger partial charge on any atom is -0.378 e. The topological polar surface area (TPSA) is 6.48 Å². The van der Waals surface area contributed by atoms with Crippen molar-refractivity contribution < 1.29 is 0 Å². The molecule has 102 valence electrons. The third kappa shape index (κ3) is 3.41. The lowest BCUT2D eigenvalue weighted by molar-refractivity contribution is 0.381. The summed E-state index contributed by atoms with van der Waals surface area (Å²) in [5.74, 6) is 0. The van der Waals surface area contributed by atoms with Crippen molar-refractivity contribution >= 4 is 11.4 Å². The molecule has 0 saturated heterocycles. The lowest BCUT2D eigenvalue weighted by atomic mass is 9.94. The van der Waals surface area contributed by atoms with Gasteiger partial charge in [-0.2, -0.15) is 0 Å². The summed E-state index contributed by atoms with van der Waals surface area (Å²) in [6, 6.07) is 8.79. The summed E-state index contributed by atoms with van der Waals surface area (Å²) in [7, 11) is 4.14. The van der Waals surface area contributed by atoms with Gasteiger partial charge in [0, 0.05) is 36.5 Å². The highest BCUT2D eigenvalue weighted by molar-refractivity contribution is 5.58. The Bertz CT molecular complexity index is 363. The molecule has 0 aliphatic heterocycles. The predicted octanol–water partition coefficient (Wildman–Crippen LogP) is 4.16. The van der Waals surface area contributed by atoms with Gasteiger partial charge in [-0.25, -0.2) is 0 Å². The van der Waals surface area contributed by atoms with Crippen molar-refractivity contribution in [1.82, 2.24) is 0 Å². The lowest BCUT2D eigenvalue weighted by Crippen LogP contribution is -2.53. The van der Waals surface area contributed by atoms with E-state index in [1.54, 1.807) is 0 Å². The molecular formula is C16H28N2. The van der Waals surface area contributed by atoms with E-state index < -0.39 is 0 Å². The SMILES string of the molecule is CN(C)c1ccc(N(C(C)(C)C)C(C)(C)C)cc1. The molecule has 1 aromatic rings. The van der Waals surface area contributed by atoms with Crippen molar-refractivity contribution in [2.24, 2.45) is 0 Å². The van der Waals surface area contributed by atoms with Crippen molar-refractivity contribution in [1.29, 1.82) is 0 Å². The summed E-state index contributed by atoms with van der Waals surface area (Å²) in [5.41, 5.74) is 2.73. The van der Waals surface area contributed by atoms with Crippen molar-refractivity contribution in [2.45, 2.75) is 52.6 Å². The third-order valence-electron chi connectivity index (χ3n) is 2.97. The van der Waals surface area contributed by atoms with E-state index in [0.29, 0.717) is 0 Å². The third-order valence-corrected chi connectivity index (χ3v) is 2.97.